The summed E-state index contributed by atoms with van der Waals surface area (Å²) in [5.41, 5.74) is 6.95. The van der Waals surface area contributed by atoms with E-state index in [0.29, 0.717) is 5.56 Å². The van der Waals surface area contributed by atoms with Gasteiger partial charge in [-0.1, -0.05) is 18.2 Å². The van der Waals surface area contributed by atoms with Gasteiger partial charge in [0.25, 0.3) is 0 Å². The number of aryl methyl sites for hydroxylation is 3. The van der Waals surface area contributed by atoms with E-state index >= 15 is 0 Å². The fourth-order valence-corrected chi connectivity index (χ4v) is 2.16. The predicted molar refractivity (Wildman–Crippen MR) is 74.0 cm³/mol. The molecule has 1 atom stereocenters. The summed E-state index contributed by atoms with van der Waals surface area (Å²) in [6.45, 7) is 5.60. The maximum atomic E-state index is 13.7. The Kier molecular flexibility index (Phi) is 3.93. The van der Waals surface area contributed by atoms with E-state index < -0.39 is 0 Å². The van der Waals surface area contributed by atoms with Crippen molar-refractivity contribution in [3.8, 4) is 0 Å². The molecule has 0 radical (unpaired) electrons. The molecule has 1 aromatic carbocycles. The third-order valence-corrected chi connectivity index (χ3v) is 3.27. The molecule has 0 aliphatic carbocycles. The zero-order valence-corrected chi connectivity index (χ0v) is 11.4. The number of pyridine rings is 1. The Labute approximate surface area is 112 Å². The van der Waals surface area contributed by atoms with Crippen molar-refractivity contribution in [2.75, 3.05) is 0 Å². The number of halogens is 1. The molecule has 0 saturated carbocycles. The lowest BCUT2D eigenvalue weighted by Gasteiger charge is -2.19. The Hall–Kier alpha value is -1.78. The molecule has 3 N–H and O–H groups in total. The molecule has 2 aromatic rings. The van der Waals surface area contributed by atoms with E-state index in [-0.39, 0.29) is 11.9 Å². The second kappa shape index (κ2) is 5.47. The van der Waals surface area contributed by atoms with Crippen LogP contribution in [0.1, 0.15) is 34.1 Å². The highest BCUT2D eigenvalue weighted by atomic mass is 19.1. The quantitative estimate of drug-likeness (QED) is 0.658. The van der Waals surface area contributed by atoms with Crippen LogP contribution in [0.25, 0.3) is 0 Å². The van der Waals surface area contributed by atoms with Crippen LogP contribution in [-0.2, 0) is 0 Å². The monoisotopic (exact) mass is 259 g/mol. The molecular weight excluding hydrogens is 241 g/mol. The lowest BCUT2D eigenvalue weighted by molar-refractivity contribution is 0.596. The highest BCUT2D eigenvalue weighted by Crippen LogP contribution is 2.25. The molecule has 19 heavy (non-hydrogen) atoms. The first-order valence-electron chi connectivity index (χ1n) is 6.19. The number of nitrogens with one attached hydrogen (secondary N) is 1. The minimum absolute atomic E-state index is 0.226. The van der Waals surface area contributed by atoms with E-state index in [2.05, 4.69) is 10.4 Å². The van der Waals surface area contributed by atoms with Crippen LogP contribution in [0.3, 0.4) is 0 Å². The molecule has 0 saturated heterocycles. The summed E-state index contributed by atoms with van der Waals surface area (Å²) in [6.07, 6.45) is 0. The molecule has 0 spiro atoms. The van der Waals surface area contributed by atoms with E-state index in [0.717, 1.165) is 22.5 Å². The van der Waals surface area contributed by atoms with Gasteiger partial charge in [-0.15, -0.1) is 0 Å². The van der Waals surface area contributed by atoms with E-state index in [1.807, 2.05) is 32.0 Å². The van der Waals surface area contributed by atoms with Gasteiger partial charge in [-0.3, -0.25) is 10.8 Å². The Balaban J connectivity index is 2.46. The first-order chi connectivity index (χ1) is 9.02. The van der Waals surface area contributed by atoms with Gasteiger partial charge in [-0.2, -0.15) is 0 Å². The molecule has 4 heteroatoms. The minimum atomic E-state index is -0.261. The van der Waals surface area contributed by atoms with Gasteiger partial charge >= 0.3 is 0 Å². The molecule has 1 aromatic heterocycles. The number of nitrogens with two attached hydrogens (primary N) is 1. The summed E-state index contributed by atoms with van der Waals surface area (Å²) in [5.74, 6) is 5.41. The number of hydrogen-bond donors (Lipinski definition) is 2. The van der Waals surface area contributed by atoms with Crippen LogP contribution >= 0.6 is 0 Å². The van der Waals surface area contributed by atoms with Gasteiger partial charge in [0, 0.05) is 11.4 Å². The zero-order chi connectivity index (χ0) is 14.0. The Morgan fingerprint density at radius 3 is 2.47 bits per heavy atom. The number of rotatable bonds is 3. The van der Waals surface area contributed by atoms with Gasteiger partial charge in [0.2, 0.25) is 0 Å². The normalized spacial score (nSPS) is 12.5. The number of hydrazine groups is 1. The summed E-state index contributed by atoms with van der Waals surface area (Å²) < 4.78 is 13.7. The van der Waals surface area contributed by atoms with Crippen LogP contribution in [0.4, 0.5) is 4.39 Å². The van der Waals surface area contributed by atoms with E-state index in [9.17, 15) is 4.39 Å². The SMILES string of the molecule is Cc1ccc(C(NN)c2ccc(C)c(F)c2)c(C)n1. The zero-order valence-electron chi connectivity index (χ0n) is 11.4. The van der Waals surface area contributed by atoms with Gasteiger partial charge in [0.05, 0.1) is 6.04 Å². The van der Waals surface area contributed by atoms with Crippen molar-refractivity contribution in [3.63, 3.8) is 0 Å². The first kappa shape index (κ1) is 13.6. The summed E-state index contributed by atoms with van der Waals surface area (Å²) in [4.78, 5) is 4.42. The molecule has 3 nitrogen and oxygen atoms in total. The third-order valence-electron chi connectivity index (χ3n) is 3.27. The number of benzene rings is 1. The Morgan fingerprint density at radius 1 is 1.16 bits per heavy atom. The maximum absolute atomic E-state index is 13.7. The van der Waals surface area contributed by atoms with Gasteiger partial charge in [-0.25, -0.2) is 9.82 Å². The molecule has 0 fully saturated rings. The fourth-order valence-electron chi connectivity index (χ4n) is 2.16. The first-order valence-corrected chi connectivity index (χ1v) is 6.19. The van der Waals surface area contributed by atoms with Crippen LogP contribution in [0.5, 0.6) is 0 Å². The topological polar surface area (TPSA) is 50.9 Å². The molecule has 1 unspecified atom stereocenters. The predicted octanol–water partition coefficient (Wildman–Crippen LogP) is 2.70. The van der Waals surface area contributed by atoms with Crippen LogP contribution in [0.15, 0.2) is 30.3 Å². The molecule has 0 amide bonds. The largest absolute Gasteiger partial charge is 0.271 e. The minimum Gasteiger partial charge on any atom is -0.271 e. The van der Waals surface area contributed by atoms with Crippen LogP contribution < -0.4 is 11.3 Å². The van der Waals surface area contributed by atoms with Gasteiger partial charge in [0.15, 0.2) is 0 Å². The summed E-state index contributed by atoms with van der Waals surface area (Å²) >= 11 is 0. The highest BCUT2D eigenvalue weighted by molar-refractivity contribution is 5.36. The molecule has 0 bridgehead atoms. The molecule has 100 valence electrons. The lowest BCUT2D eigenvalue weighted by atomic mass is 9.97. The average Bonchev–Trinajstić information content (AvgIpc) is 2.37. The van der Waals surface area contributed by atoms with Crippen molar-refractivity contribution in [2.24, 2.45) is 5.84 Å². The lowest BCUT2D eigenvalue weighted by Crippen LogP contribution is -2.29. The van der Waals surface area contributed by atoms with Crippen molar-refractivity contribution < 1.29 is 4.39 Å². The van der Waals surface area contributed by atoms with Crippen molar-refractivity contribution in [2.45, 2.75) is 26.8 Å². The van der Waals surface area contributed by atoms with Gasteiger partial charge in [0.1, 0.15) is 5.82 Å². The maximum Gasteiger partial charge on any atom is 0.126 e. The second-order valence-electron chi connectivity index (χ2n) is 4.74. The summed E-state index contributed by atoms with van der Waals surface area (Å²) in [7, 11) is 0. The van der Waals surface area contributed by atoms with Crippen LogP contribution in [-0.4, -0.2) is 4.98 Å². The Bertz CT molecular complexity index is 596. The van der Waals surface area contributed by atoms with Crippen molar-refractivity contribution >= 4 is 0 Å². The molecular formula is C15H18FN3. The highest BCUT2D eigenvalue weighted by Gasteiger charge is 2.16. The van der Waals surface area contributed by atoms with Crippen molar-refractivity contribution in [1.82, 2.24) is 10.4 Å². The molecule has 2 rings (SSSR count). The molecule has 1 heterocycles. The number of hydrogen-bond acceptors (Lipinski definition) is 3. The fraction of sp³-hybridized carbons (Fsp3) is 0.267. The van der Waals surface area contributed by atoms with Gasteiger partial charge < -0.3 is 0 Å². The van der Waals surface area contributed by atoms with Crippen molar-refractivity contribution in [3.05, 3.63) is 64.2 Å². The van der Waals surface area contributed by atoms with E-state index in [1.165, 1.54) is 6.07 Å². The van der Waals surface area contributed by atoms with Crippen LogP contribution in [0, 0.1) is 26.6 Å². The molecule has 0 aliphatic heterocycles. The smallest absolute Gasteiger partial charge is 0.126 e. The number of aromatic nitrogens is 1. The molecule has 0 aliphatic rings. The average molecular weight is 259 g/mol. The van der Waals surface area contributed by atoms with Gasteiger partial charge in [-0.05, 0) is 49.6 Å². The van der Waals surface area contributed by atoms with Crippen LogP contribution in [0.2, 0.25) is 0 Å². The van der Waals surface area contributed by atoms with E-state index in [4.69, 9.17) is 5.84 Å². The standard InChI is InChI=1S/C15H18FN3/c1-9-4-6-12(8-14(9)16)15(19-17)13-7-5-10(2)18-11(13)3/h4-8,15,19H,17H2,1-3H3. The van der Waals surface area contributed by atoms with E-state index in [1.54, 1.807) is 13.0 Å². The van der Waals surface area contributed by atoms with Crippen molar-refractivity contribution in [1.29, 1.82) is 0 Å². The summed E-state index contributed by atoms with van der Waals surface area (Å²) in [5, 5.41) is 0. The second-order valence-corrected chi connectivity index (χ2v) is 4.74. The summed E-state index contributed by atoms with van der Waals surface area (Å²) in [6, 6.07) is 8.79. The Morgan fingerprint density at radius 2 is 1.89 bits per heavy atom. The number of nitrogens with zero attached hydrogens (tertiary/aromatic N) is 1. The third kappa shape index (κ3) is 2.80.